The van der Waals surface area contributed by atoms with E-state index in [0.29, 0.717) is 17.0 Å². The number of sulfonamides is 1. The Balaban J connectivity index is 1.77. The Morgan fingerprint density at radius 2 is 2.00 bits per heavy atom. The molecule has 130 valence electrons. The van der Waals surface area contributed by atoms with Gasteiger partial charge in [0.1, 0.15) is 18.1 Å². The van der Waals surface area contributed by atoms with E-state index in [1.165, 1.54) is 13.2 Å². The van der Waals surface area contributed by atoms with Crippen molar-refractivity contribution < 1.29 is 17.9 Å². The monoisotopic (exact) mass is 359 g/mol. The van der Waals surface area contributed by atoms with Crippen molar-refractivity contribution in [2.24, 2.45) is 4.99 Å². The number of fused-ring (bicyclic) bond motifs is 1. The number of carbonyl (C=O) groups excluding carboxylic acids is 1. The zero-order chi connectivity index (χ0) is 18.0. The molecule has 0 saturated heterocycles. The topological polar surface area (TPSA) is 96.9 Å². The Morgan fingerprint density at radius 3 is 2.76 bits per heavy atom. The normalized spacial score (nSPS) is 16.2. The number of anilines is 1. The molecular formula is C17H17N3O4S. The summed E-state index contributed by atoms with van der Waals surface area (Å²) in [7, 11) is -2.09. The van der Waals surface area contributed by atoms with Crippen molar-refractivity contribution >= 4 is 27.5 Å². The summed E-state index contributed by atoms with van der Waals surface area (Å²) in [6, 6.07) is 11.9. The van der Waals surface area contributed by atoms with Gasteiger partial charge < -0.3 is 10.1 Å². The third-order valence-corrected chi connectivity index (χ3v) is 5.07. The van der Waals surface area contributed by atoms with Gasteiger partial charge in [-0.05, 0) is 36.8 Å². The standard InChI is InChI=1S/C17H17N3O4S/c1-11-7-8-14(24-2)13(9-11)19-16(21)10-18-17-12-5-3-4-6-15(12)25(22,23)20-17/h3-9H,10H2,1-2H3,(H,18,20)(H,19,21). The minimum Gasteiger partial charge on any atom is -0.495 e. The van der Waals surface area contributed by atoms with Crippen LogP contribution in [0.2, 0.25) is 0 Å². The number of benzene rings is 2. The van der Waals surface area contributed by atoms with E-state index in [2.05, 4.69) is 15.0 Å². The molecule has 1 aliphatic heterocycles. The van der Waals surface area contributed by atoms with Gasteiger partial charge in [-0.25, -0.2) is 8.42 Å². The quantitative estimate of drug-likeness (QED) is 0.868. The molecule has 25 heavy (non-hydrogen) atoms. The van der Waals surface area contributed by atoms with Crippen LogP contribution >= 0.6 is 0 Å². The van der Waals surface area contributed by atoms with E-state index in [9.17, 15) is 13.2 Å². The van der Waals surface area contributed by atoms with Gasteiger partial charge in [0.25, 0.3) is 10.0 Å². The molecule has 3 rings (SSSR count). The number of aliphatic imine (C=N–C) groups is 1. The van der Waals surface area contributed by atoms with Gasteiger partial charge in [-0.3, -0.25) is 14.5 Å². The first kappa shape index (κ1) is 17.0. The predicted molar refractivity (Wildman–Crippen MR) is 94.5 cm³/mol. The molecule has 1 aliphatic rings. The minimum absolute atomic E-state index is 0.162. The van der Waals surface area contributed by atoms with Crippen LogP contribution in [0.5, 0.6) is 5.75 Å². The lowest BCUT2D eigenvalue weighted by Crippen LogP contribution is -2.24. The van der Waals surface area contributed by atoms with E-state index in [1.54, 1.807) is 30.3 Å². The molecule has 1 heterocycles. The number of hydrogen-bond donors (Lipinski definition) is 2. The largest absolute Gasteiger partial charge is 0.495 e. The van der Waals surface area contributed by atoms with Gasteiger partial charge in [0.15, 0.2) is 0 Å². The zero-order valence-electron chi connectivity index (χ0n) is 13.7. The van der Waals surface area contributed by atoms with Crippen LogP contribution < -0.4 is 14.8 Å². The van der Waals surface area contributed by atoms with Gasteiger partial charge in [-0.1, -0.05) is 18.2 Å². The number of nitrogens with zero attached hydrogens (tertiary/aromatic N) is 1. The van der Waals surface area contributed by atoms with E-state index in [-0.39, 0.29) is 23.2 Å². The highest BCUT2D eigenvalue weighted by Crippen LogP contribution is 2.25. The average Bonchev–Trinajstić information content (AvgIpc) is 2.84. The number of amides is 1. The van der Waals surface area contributed by atoms with Gasteiger partial charge in [-0.2, -0.15) is 0 Å². The van der Waals surface area contributed by atoms with Gasteiger partial charge >= 0.3 is 0 Å². The Kier molecular flexibility index (Phi) is 4.45. The number of nitrogens with one attached hydrogen (secondary N) is 2. The Labute approximate surface area is 145 Å². The lowest BCUT2D eigenvalue weighted by Gasteiger charge is -2.10. The average molecular weight is 359 g/mol. The predicted octanol–water partition coefficient (Wildman–Crippen LogP) is 1.68. The maximum Gasteiger partial charge on any atom is 0.263 e. The highest BCUT2D eigenvalue weighted by molar-refractivity contribution is 7.90. The van der Waals surface area contributed by atoms with Crippen molar-refractivity contribution in [1.29, 1.82) is 0 Å². The van der Waals surface area contributed by atoms with Crippen molar-refractivity contribution in [2.75, 3.05) is 19.0 Å². The molecule has 7 nitrogen and oxygen atoms in total. The highest BCUT2D eigenvalue weighted by Gasteiger charge is 2.30. The molecule has 0 radical (unpaired) electrons. The van der Waals surface area contributed by atoms with Crippen molar-refractivity contribution in [1.82, 2.24) is 4.72 Å². The summed E-state index contributed by atoms with van der Waals surface area (Å²) in [5.41, 5.74) is 1.98. The smallest absolute Gasteiger partial charge is 0.263 e. The third kappa shape index (κ3) is 3.48. The molecular weight excluding hydrogens is 342 g/mol. The van der Waals surface area contributed by atoms with E-state index in [0.717, 1.165) is 5.56 Å². The van der Waals surface area contributed by atoms with Crippen molar-refractivity contribution in [3.05, 3.63) is 53.6 Å². The van der Waals surface area contributed by atoms with Crippen LogP contribution in [0.1, 0.15) is 11.1 Å². The molecule has 0 unspecified atom stereocenters. The van der Waals surface area contributed by atoms with Crippen LogP contribution in [0.25, 0.3) is 0 Å². The lowest BCUT2D eigenvalue weighted by atomic mass is 10.2. The van der Waals surface area contributed by atoms with E-state index >= 15 is 0 Å². The molecule has 1 amide bonds. The molecule has 2 aromatic rings. The Morgan fingerprint density at radius 1 is 1.24 bits per heavy atom. The number of rotatable bonds is 4. The summed E-state index contributed by atoms with van der Waals surface area (Å²) >= 11 is 0. The van der Waals surface area contributed by atoms with Crippen LogP contribution in [0.15, 0.2) is 52.4 Å². The van der Waals surface area contributed by atoms with Crippen LogP contribution in [0.4, 0.5) is 5.69 Å². The second kappa shape index (κ2) is 6.56. The summed E-state index contributed by atoms with van der Waals surface area (Å²) in [4.78, 5) is 16.4. The SMILES string of the molecule is COc1ccc(C)cc1NC(=O)CN=C1NS(=O)(=O)c2ccccc21. The molecule has 0 aliphatic carbocycles. The molecule has 0 atom stereocenters. The van der Waals surface area contributed by atoms with Crippen molar-refractivity contribution in [2.45, 2.75) is 11.8 Å². The summed E-state index contributed by atoms with van der Waals surface area (Å²) in [5, 5.41) is 2.72. The number of hydrogen-bond acceptors (Lipinski definition) is 5. The van der Waals surface area contributed by atoms with Gasteiger partial charge in [0, 0.05) is 5.56 Å². The number of aryl methyl sites for hydroxylation is 1. The summed E-state index contributed by atoms with van der Waals surface area (Å²) in [5.74, 6) is 0.334. The maximum absolute atomic E-state index is 12.2. The number of amidine groups is 1. The minimum atomic E-state index is -3.61. The fraction of sp³-hybridized carbons (Fsp3) is 0.176. The summed E-state index contributed by atoms with van der Waals surface area (Å²) < 4.78 is 31.6. The molecule has 2 N–H and O–H groups in total. The molecule has 0 aromatic heterocycles. The molecule has 2 aromatic carbocycles. The van der Waals surface area contributed by atoms with Crippen LogP contribution in [-0.4, -0.2) is 33.8 Å². The van der Waals surface area contributed by atoms with Crippen molar-refractivity contribution in [3.8, 4) is 5.75 Å². The number of methoxy groups -OCH3 is 1. The van der Waals surface area contributed by atoms with Crippen LogP contribution in [-0.2, 0) is 14.8 Å². The fourth-order valence-electron chi connectivity index (χ4n) is 2.51. The number of ether oxygens (including phenoxy) is 1. The Hall–Kier alpha value is -2.87. The highest BCUT2D eigenvalue weighted by atomic mass is 32.2. The summed E-state index contributed by atoms with van der Waals surface area (Å²) in [6.07, 6.45) is 0. The molecule has 0 bridgehead atoms. The summed E-state index contributed by atoms with van der Waals surface area (Å²) in [6.45, 7) is 1.68. The first-order valence-corrected chi connectivity index (χ1v) is 9.00. The molecule has 0 fully saturated rings. The van der Waals surface area contributed by atoms with Gasteiger partial charge in [0.05, 0.1) is 17.7 Å². The molecule has 0 spiro atoms. The zero-order valence-corrected chi connectivity index (χ0v) is 14.6. The first-order valence-electron chi connectivity index (χ1n) is 7.52. The van der Waals surface area contributed by atoms with E-state index in [1.807, 2.05) is 13.0 Å². The molecule has 0 saturated carbocycles. The fourth-order valence-corrected chi connectivity index (χ4v) is 3.76. The van der Waals surface area contributed by atoms with E-state index in [4.69, 9.17) is 4.74 Å². The lowest BCUT2D eigenvalue weighted by molar-refractivity contribution is -0.114. The second-order valence-electron chi connectivity index (χ2n) is 5.52. The molecule has 8 heteroatoms. The number of carbonyl (C=O) groups is 1. The van der Waals surface area contributed by atoms with Crippen LogP contribution in [0.3, 0.4) is 0 Å². The third-order valence-electron chi connectivity index (χ3n) is 3.67. The van der Waals surface area contributed by atoms with E-state index < -0.39 is 10.0 Å². The maximum atomic E-state index is 12.2. The first-order chi connectivity index (χ1) is 11.9. The van der Waals surface area contributed by atoms with Crippen molar-refractivity contribution in [3.63, 3.8) is 0 Å². The van der Waals surface area contributed by atoms with Crippen LogP contribution in [0, 0.1) is 6.92 Å². The van der Waals surface area contributed by atoms with Gasteiger partial charge in [-0.15, -0.1) is 0 Å². The van der Waals surface area contributed by atoms with Gasteiger partial charge in [0.2, 0.25) is 5.91 Å². The second-order valence-corrected chi connectivity index (χ2v) is 7.17. The Bertz CT molecular complexity index is 968.